The minimum Gasteiger partial charge on any atom is -0.497 e. The maximum absolute atomic E-state index is 12.2. The number of aliphatic imine (C=N–C) groups is 1. The average molecular weight is 368 g/mol. The first-order chi connectivity index (χ1) is 12.9. The van der Waals surface area contributed by atoms with Crippen LogP contribution < -0.4 is 9.47 Å². The normalized spacial score (nSPS) is 14.7. The van der Waals surface area contributed by atoms with E-state index in [2.05, 4.69) is 4.99 Å². The predicted molar refractivity (Wildman–Crippen MR) is 98.0 cm³/mol. The van der Waals surface area contributed by atoms with Crippen LogP contribution in [0.25, 0.3) is 6.08 Å². The summed E-state index contributed by atoms with van der Waals surface area (Å²) in [7, 11) is 3.04. The number of nitro groups is 1. The van der Waals surface area contributed by atoms with Crippen LogP contribution in [0.5, 0.6) is 11.5 Å². The van der Waals surface area contributed by atoms with Crippen molar-refractivity contribution < 1.29 is 23.9 Å². The molecule has 2 aromatic rings. The lowest BCUT2D eigenvalue weighted by Gasteiger charge is -2.07. The van der Waals surface area contributed by atoms with Gasteiger partial charge in [-0.15, -0.1) is 0 Å². The maximum atomic E-state index is 12.2. The second-order valence-corrected chi connectivity index (χ2v) is 5.65. The van der Waals surface area contributed by atoms with Gasteiger partial charge in [0.2, 0.25) is 5.90 Å². The molecule has 27 heavy (non-hydrogen) atoms. The van der Waals surface area contributed by atoms with Crippen LogP contribution in [0.1, 0.15) is 16.7 Å². The number of nitrogens with zero attached hydrogens (tertiary/aromatic N) is 2. The largest absolute Gasteiger partial charge is 0.497 e. The summed E-state index contributed by atoms with van der Waals surface area (Å²) >= 11 is 0. The summed E-state index contributed by atoms with van der Waals surface area (Å²) in [6.45, 7) is 1.58. The van der Waals surface area contributed by atoms with Gasteiger partial charge >= 0.3 is 5.97 Å². The molecule has 0 N–H and O–H groups in total. The van der Waals surface area contributed by atoms with Crippen LogP contribution in [0.2, 0.25) is 0 Å². The highest BCUT2D eigenvalue weighted by Crippen LogP contribution is 2.29. The van der Waals surface area contributed by atoms with Crippen molar-refractivity contribution in [3.05, 3.63) is 68.9 Å². The third kappa shape index (κ3) is 3.50. The highest BCUT2D eigenvalue weighted by molar-refractivity contribution is 6.13. The zero-order valence-corrected chi connectivity index (χ0v) is 14.9. The van der Waals surface area contributed by atoms with Crippen molar-refractivity contribution in [2.45, 2.75) is 6.92 Å². The molecule has 0 bridgehead atoms. The Hall–Kier alpha value is -3.68. The second-order valence-electron chi connectivity index (χ2n) is 5.65. The van der Waals surface area contributed by atoms with Crippen LogP contribution in [0, 0.1) is 17.0 Å². The molecule has 0 unspecified atom stereocenters. The maximum Gasteiger partial charge on any atom is 0.363 e. The zero-order valence-electron chi connectivity index (χ0n) is 14.9. The number of carbonyl (C=O) groups is 1. The minimum atomic E-state index is -0.652. The van der Waals surface area contributed by atoms with Gasteiger partial charge in [-0.2, -0.15) is 0 Å². The number of nitro benzene ring substituents is 1. The van der Waals surface area contributed by atoms with Crippen molar-refractivity contribution in [3.63, 3.8) is 0 Å². The second kappa shape index (κ2) is 7.28. The Balaban J connectivity index is 2.04. The van der Waals surface area contributed by atoms with Crippen LogP contribution in [-0.4, -0.2) is 31.0 Å². The first-order valence-corrected chi connectivity index (χ1v) is 7.93. The van der Waals surface area contributed by atoms with E-state index in [0.29, 0.717) is 28.2 Å². The van der Waals surface area contributed by atoms with Crippen molar-refractivity contribution in [2.75, 3.05) is 14.2 Å². The van der Waals surface area contributed by atoms with Crippen molar-refractivity contribution in [1.29, 1.82) is 0 Å². The quantitative estimate of drug-likeness (QED) is 0.347. The molecule has 3 rings (SSSR count). The van der Waals surface area contributed by atoms with Gasteiger partial charge < -0.3 is 14.2 Å². The van der Waals surface area contributed by atoms with Gasteiger partial charge in [-0.05, 0) is 37.3 Å². The standard InChI is InChI=1S/C19H16N2O6/c1-11-14(5-4-6-16(11)21(23)24)18-20-15(19(22)27-18)10-12-9-13(25-2)7-8-17(12)26-3/h4-10H,1-3H3/b15-10-. The van der Waals surface area contributed by atoms with Gasteiger partial charge in [0.25, 0.3) is 5.69 Å². The fourth-order valence-electron chi connectivity index (χ4n) is 2.68. The molecule has 0 spiro atoms. The smallest absolute Gasteiger partial charge is 0.363 e. The van der Waals surface area contributed by atoms with Gasteiger partial charge in [0.1, 0.15) is 11.5 Å². The fourth-order valence-corrected chi connectivity index (χ4v) is 2.68. The van der Waals surface area contributed by atoms with Crippen LogP contribution in [-0.2, 0) is 9.53 Å². The van der Waals surface area contributed by atoms with Gasteiger partial charge in [0.05, 0.1) is 19.1 Å². The van der Waals surface area contributed by atoms with Gasteiger partial charge in [0.15, 0.2) is 5.70 Å². The Kier molecular flexibility index (Phi) is 4.89. The van der Waals surface area contributed by atoms with Crippen LogP contribution in [0.3, 0.4) is 0 Å². The Morgan fingerprint density at radius 3 is 2.63 bits per heavy atom. The molecule has 0 fully saturated rings. The van der Waals surface area contributed by atoms with Gasteiger partial charge in [0, 0.05) is 22.8 Å². The lowest BCUT2D eigenvalue weighted by molar-refractivity contribution is -0.385. The van der Waals surface area contributed by atoms with E-state index in [1.54, 1.807) is 31.2 Å². The molecule has 0 saturated heterocycles. The summed E-state index contributed by atoms with van der Waals surface area (Å²) in [5, 5.41) is 11.1. The topological polar surface area (TPSA) is 100 Å². The lowest BCUT2D eigenvalue weighted by atomic mass is 10.1. The molecule has 2 aromatic carbocycles. The van der Waals surface area contributed by atoms with E-state index in [4.69, 9.17) is 14.2 Å². The van der Waals surface area contributed by atoms with Crippen molar-refractivity contribution in [1.82, 2.24) is 0 Å². The summed E-state index contributed by atoms with van der Waals surface area (Å²) in [6.07, 6.45) is 1.52. The molecule has 1 aliphatic heterocycles. The number of methoxy groups -OCH3 is 2. The number of rotatable bonds is 5. The molecular weight excluding hydrogens is 352 g/mol. The van der Waals surface area contributed by atoms with E-state index in [-0.39, 0.29) is 17.3 Å². The molecule has 8 nitrogen and oxygen atoms in total. The zero-order chi connectivity index (χ0) is 19.6. The Morgan fingerprint density at radius 1 is 1.19 bits per heavy atom. The number of esters is 1. The molecule has 0 saturated carbocycles. The molecule has 0 aromatic heterocycles. The number of cyclic esters (lactones) is 1. The number of carbonyl (C=O) groups excluding carboxylic acids is 1. The van der Waals surface area contributed by atoms with Crippen molar-refractivity contribution >= 4 is 23.6 Å². The molecule has 138 valence electrons. The Morgan fingerprint density at radius 2 is 1.96 bits per heavy atom. The van der Waals surface area contributed by atoms with Crippen molar-refractivity contribution in [3.8, 4) is 11.5 Å². The molecular formula is C19H16N2O6. The van der Waals surface area contributed by atoms with Crippen LogP contribution in [0.4, 0.5) is 5.69 Å². The SMILES string of the molecule is COc1ccc(OC)c(/C=C2\N=C(c3cccc([N+](=O)[O-])c3C)OC2=O)c1. The average Bonchev–Trinajstić information content (AvgIpc) is 3.01. The summed E-state index contributed by atoms with van der Waals surface area (Å²) in [5.74, 6) is 0.495. The lowest BCUT2D eigenvalue weighted by Crippen LogP contribution is -2.08. The molecule has 8 heteroatoms. The Bertz CT molecular complexity index is 994. The van der Waals surface area contributed by atoms with E-state index in [0.717, 1.165) is 0 Å². The number of hydrogen-bond donors (Lipinski definition) is 0. The number of benzene rings is 2. The molecule has 1 heterocycles. The van der Waals surface area contributed by atoms with E-state index in [1.807, 2.05) is 0 Å². The summed E-state index contributed by atoms with van der Waals surface area (Å²) in [5.41, 5.74) is 1.33. The first kappa shape index (κ1) is 18.1. The first-order valence-electron chi connectivity index (χ1n) is 7.93. The predicted octanol–water partition coefficient (Wildman–Crippen LogP) is 3.26. The van der Waals surface area contributed by atoms with E-state index < -0.39 is 10.9 Å². The molecule has 0 aliphatic carbocycles. The van der Waals surface area contributed by atoms with E-state index >= 15 is 0 Å². The third-order valence-corrected chi connectivity index (χ3v) is 4.08. The summed E-state index contributed by atoms with van der Waals surface area (Å²) in [4.78, 5) is 27.1. The van der Waals surface area contributed by atoms with Gasteiger partial charge in [-0.1, -0.05) is 6.07 Å². The van der Waals surface area contributed by atoms with Gasteiger partial charge in [-0.25, -0.2) is 9.79 Å². The fraction of sp³-hybridized carbons (Fsp3) is 0.158. The monoisotopic (exact) mass is 368 g/mol. The Labute approximate surface area is 154 Å². The number of hydrogen-bond acceptors (Lipinski definition) is 7. The third-order valence-electron chi connectivity index (χ3n) is 4.08. The van der Waals surface area contributed by atoms with E-state index in [9.17, 15) is 14.9 Å². The minimum absolute atomic E-state index is 0.0225. The molecule has 0 amide bonds. The molecule has 0 radical (unpaired) electrons. The van der Waals surface area contributed by atoms with Crippen LogP contribution >= 0.6 is 0 Å². The molecule has 0 atom stereocenters. The highest BCUT2D eigenvalue weighted by atomic mass is 16.6. The van der Waals surface area contributed by atoms with Crippen molar-refractivity contribution in [2.24, 2.45) is 4.99 Å². The molecule has 1 aliphatic rings. The summed E-state index contributed by atoms with van der Waals surface area (Å²) < 4.78 is 15.7. The summed E-state index contributed by atoms with van der Waals surface area (Å²) in [6, 6.07) is 9.65. The van der Waals surface area contributed by atoms with Crippen LogP contribution in [0.15, 0.2) is 47.1 Å². The van der Waals surface area contributed by atoms with E-state index in [1.165, 1.54) is 32.4 Å². The number of ether oxygens (including phenoxy) is 3. The highest BCUT2D eigenvalue weighted by Gasteiger charge is 2.27. The van der Waals surface area contributed by atoms with Gasteiger partial charge in [-0.3, -0.25) is 10.1 Å².